The number of urea groups is 1. The first-order valence-corrected chi connectivity index (χ1v) is 7.80. The molecule has 2 amide bonds. The fourth-order valence-electron chi connectivity index (χ4n) is 1.96. The Labute approximate surface area is 128 Å². The molecular formula is C16H32N2O3. The van der Waals surface area contributed by atoms with Gasteiger partial charge in [0, 0.05) is 19.0 Å². The molecule has 3 N–H and O–H groups in total. The molecule has 0 spiro atoms. The number of amides is 2. The Kier molecular flexibility index (Phi) is 8.37. The Bertz CT molecular complexity index is 335. The number of hydrogen-bond acceptors (Lipinski definition) is 2. The SMILES string of the molecule is CC(C)C(CCNC(=O)NC(C)C(C)(C)C)CCC(=O)O. The Balaban J connectivity index is 4.08. The summed E-state index contributed by atoms with van der Waals surface area (Å²) in [6.07, 6.45) is 1.66. The minimum atomic E-state index is -0.759. The zero-order valence-electron chi connectivity index (χ0n) is 14.3. The lowest BCUT2D eigenvalue weighted by molar-refractivity contribution is -0.137. The van der Waals surface area contributed by atoms with E-state index in [1.54, 1.807) is 0 Å². The van der Waals surface area contributed by atoms with Crippen LogP contribution in [0.5, 0.6) is 0 Å². The largest absolute Gasteiger partial charge is 0.481 e. The molecule has 0 saturated carbocycles. The Morgan fingerprint density at radius 2 is 1.67 bits per heavy atom. The molecule has 0 aromatic carbocycles. The Hall–Kier alpha value is -1.26. The van der Waals surface area contributed by atoms with Crippen molar-refractivity contribution in [2.45, 2.75) is 66.8 Å². The maximum atomic E-state index is 11.8. The van der Waals surface area contributed by atoms with E-state index in [0.29, 0.717) is 24.8 Å². The summed E-state index contributed by atoms with van der Waals surface area (Å²) in [7, 11) is 0. The van der Waals surface area contributed by atoms with Crippen LogP contribution >= 0.6 is 0 Å². The zero-order valence-corrected chi connectivity index (χ0v) is 14.3. The first kappa shape index (κ1) is 19.7. The molecule has 0 saturated heterocycles. The average molecular weight is 300 g/mol. The van der Waals surface area contributed by atoms with Gasteiger partial charge in [-0.3, -0.25) is 4.79 Å². The van der Waals surface area contributed by atoms with Gasteiger partial charge in [0.2, 0.25) is 0 Å². The lowest BCUT2D eigenvalue weighted by atomic mass is 9.88. The first-order valence-electron chi connectivity index (χ1n) is 7.80. The van der Waals surface area contributed by atoms with Crippen molar-refractivity contribution in [3.8, 4) is 0 Å². The molecule has 0 rings (SSSR count). The Morgan fingerprint density at radius 3 is 2.10 bits per heavy atom. The highest BCUT2D eigenvalue weighted by Crippen LogP contribution is 2.20. The molecular weight excluding hydrogens is 268 g/mol. The third-order valence-electron chi connectivity index (χ3n) is 4.12. The van der Waals surface area contributed by atoms with Crippen LogP contribution in [0.1, 0.15) is 60.8 Å². The topological polar surface area (TPSA) is 78.4 Å². The molecule has 2 atom stereocenters. The molecule has 0 radical (unpaired) electrons. The number of carbonyl (C=O) groups excluding carboxylic acids is 1. The third-order valence-corrected chi connectivity index (χ3v) is 4.12. The van der Waals surface area contributed by atoms with Crippen LogP contribution in [-0.2, 0) is 4.79 Å². The Morgan fingerprint density at radius 1 is 1.10 bits per heavy atom. The predicted octanol–water partition coefficient (Wildman–Crippen LogP) is 3.25. The van der Waals surface area contributed by atoms with Gasteiger partial charge in [-0.15, -0.1) is 0 Å². The van der Waals surface area contributed by atoms with Crippen LogP contribution in [0.2, 0.25) is 0 Å². The fourth-order valence-corrected chi connectivity index (χ4v) is 1.96. The van der Waals surface area contributed by atoms with E-state index in [4.69, 9.17) is 5.11 Å². The lowest BCUT2D eigenvalue weighted by Crippen LogP contribution is -2.46. The summed E-state index contributed by atoms with van der Waals surface area (Å²) in [5.41, 5.74) is 0.0271. The van der Waals surface area contributed by atoms with Gasteiger partial charge in [-0.2, -0.15) is 0 Å². The van der Waals surface area contributed by atoms with Crippen molar-refractivity contribution in [1.29, 1.82) is 0 Å². The normalized spacial score (nSPS) is 14.6. The number of carboxylic acid groups (broad SMARTS) is 1. The van der Waals surface area contributed by atoms with Gasteiger partial charge in [0.1, 0.15) is 0 Å². The maximum Gasteiger partial charge on any atom is 0.315 e. The minimum absolute atomic E-state index is 0.0271. The van der Waals surface area contributed by atoms with Crippen LogP contribution < -0.4 is 10.6 Å². The van der Waals surface area contributed by atoms with E-state index in [1.165, 1.54) is 0 Å². The van der Waals surface area contributed by atoms with Gasteiger partial charge >= 0.3 is 12.0 Å². The van der Waals surface area contributed by atoms with E-state index in [0.717, 1.165) is 6.42 Å². The second-order valence-corrected chi connectivity index (χ2v) is 7.21. The molecule has 0 aliphatic rings. The number of carbonyl (C=O) groups is 2. The molecule has 2 unspecified atom stereocenters. The standard InChI is InChI=1S/C16H32N2O3/c1-11(2)13(7-8-14(19)20)9-10-17-15(21)18-12(3)16(4,5)6/h11-13H,7-10H2,1-6H3,(H,19,20)(H2,17,18,21). The van der Waals surface area contributed by atoms with Crippen LogP contribution in [0.4, 0.5) is 4.79 Å². The number of carboxylic acids is 1. The molecule has 5 heteroatoms. The van der Waals surface area contributed by atoms with E-state index in [-0.39, 0.29) is 23.9 Å². The van der Waals surface area contributed by atoms with E-state index in [1.807, 2.05) is 6.92 Å². The van der Waals surface area contributed by atoms with Crippen LogP contribution in [0.15, 0.2) is 0 Å². The molecule has 0 fully saturated rings. The summed E-state index contributed by atoms with van der Waals surface area (Å²) in [5.74, 6) is -0.0190. The van der Waals surface area contributed by atoms with Gasteiger partial charge in [0.15, 0.2) is 0 Å². The highest BCUT2D eigenvalue weighted by atomic mass is 16.4. The number of nitrogens with one attached hydrogen (secondary N) is 2. The van der Waals surface area contributed by atoms with Crippen LogP contribution in [0.25, 0.3) is 0 Å². The maximum absolute atomic E-state index is 11.8. The van der Waals surface area contributed by atoms with Gasteiger partial charge in [-0.1, -0.05) is 34.6 Å². The third kappa shape index (κ3) is 9.32. The lowest BCUT2D eigenvalue weighted by Gasteiger charge is -2.28. The second-order valence-electron chi connectivity index (χ2n) is 7.21. The highest BCUT2D eigenvalue weighted by molar-refractivity contribution is 5.74. The van der Waals surface area contributed by atoms with E-state index >= 15 is 0 Å². The molecule has 0 aliphatic heterocycles. The van der Waals surface area contributed by atoms with Crippen molar-refractivity contribution in [2.75, 3.05) is 6.54 Å². The quantitative estimate of drug-likeness (QED) is 0.644. The predicted molar refractivity (Wildman–Crippen MR) is 85.3 cm³/mol. The zero-order chi connectivity index (χ0) is 16.6. The van der Waals surface area contributed by atoms with E-state index in [9.17, 15) is 9.59 Å². The van der Waals surface area contributed by atoms with Crippen LogP contribution in [-0.4, -0.2) is 29.7 Å². The van der Waals surface area contributed by atoms with E-state index < -0.39 is 5.97 Å². The molecule has 0 bridgehead atoms. The summed E-state index contributed by atoms with van der Waals surface area (Å²) in [4.78, 5) is 22.4. The summed E-state index contributed by atoms with van der Waals surface area (Å²) < 4.78 is 0. The van der Waals surface area contributed by atoms with Gasteiger partial charge in [-0.25, -0.2) is 4.79 Å². The number of aliphatic carboxylic acids is 1. The second kappa shape index (κ2) is 8.90. The molecule has 0 aromatic heterocycles. The van der Waals surface area contributed by atoms with Gasteiger partial charge < -0.3 is 15.7 Å². The summed E-state index contributed by atoms with van der Waals surface area (Å²) in [6.45, 7) is 13.0. The molecule has 0 aromatic rings. The monoisotopic (exact) mass is 300 g/mol. The van der Waals surface area contributed by atoms with Gasteiger partial charge in [-0.05, 0) is 37.0 Å². The fraction of sp³-hybridized carbons (Fsp3) is 0.875. The summed E-state index contributed by atoms with van der Waals surface area (Å²) in [6, 6.07) is -0.0661. The molecule has 5 nitrogen and oxygen atoms in total. The van der Waals surface area contributed by atoms with Crippen molar-refractivity contribution in [1.82, 2.24) is 10.6 Å². The van der Waals surface area contributed by atoms with Crippen molar-refractivity contribution in [2.24, 2.45) is 17.3 Å². The number of rotatable bonds is 8. The van der Waals surface area contributed by atoms with Gasteiger partial charge in [0.25, 0.3) is 0 Å². The molecule has 0 heterocycles. The van der Waals surface area contributed by atoms with Crippen molar-refractivity contribution < 1.29 is 14.7 Å². The van der Waals surface area contributed by atoms with Crippen molar-refractivity contribution >= 4 is 12.0 Å². The first-order chi connectivity index (χ1) is 9.54. The minimum Gasteiger partial charge on any atom is -0.481 e. The summed E-state index contributed by atoms with van der Waals surface area (Å²) >= 11 is 0. The average Bonchev–Trinajstić information content (AvgIpc) is 2.31. The van der Waals surface area contributed by atoms with Crippen molar-refractivity contribution in [3.63, 3.8) is 0 Å². The van der Waals surface area contributed by atoms with Crippen LogP contribution in [0, 0.1) is 17.3 Å². The molecule has 0 aliphatic carbocycles. The van der Waals surface area contributed by atoms with Gasteiger partial charge in [0.05, 0.1) is 0 Å². The molecule has 21 heavy (non-hydrogen) atoms. The summed E-state index contributed by atoms with van der Waals surface area (Å²) in [5, 5.41) is 14.5. The van der Waals surface area contributed by atoms with Crippen LogP contribution in [0.3, 0.4) is 0 Å². The smallest absolute Gasteiger partial charge is 0.315 e. The number of hydrogen-bond donors (Lipinski definition) is 3. The van der Waals surface area contributed by atoms with E-state index in [2.05, 4.69) is 45.3 Å². The molecule has 124 valence electrons. The highest BCUT2D eigenvalue weighted by Gasteiger charge is 2.21. The van der Waals surface area contributed by atoms with Crippen molar-refractivity contribution in [3.05, 3.63) is 0 Å².